The maximum absolute atomic E-state index is 11.8. The number of imide groups is 1. The van der Waals surface area contributed by atoms with E-state index in [4.69, 9.17) is 9.26 Å². The fraction of sp³-hybridized carbons (Fsp3) is 0.886. The van der Waals surface area contributed by atoms with E-state index in [1.54, 1.807) is 0 Å². The van der Waals surface area contributed by atoms with Crippen molar-refractivity contribution in [3.05, 3.63) is 12.2 Å². The zero-order chi connectivity index (χ0) is 37.5. The van der Waals surface area contributed by atoms with E-state index < -0.39 is 26.1 Å². The van der Waals surface area contributed by atoms with Crippen LogP contribution in [0.3, 0.4) is 0 Å². The summed E-state index contributed by atoms with van der Waals surface area (Å²) in [4.78, 5) is 39.7. The van der Waals surface area contributed by atoms with Crippen LogP contribution in [0.1, 0.15) is 226 Å². The molecule has 1 fully saturated rings. The Morgan fingerprint density at radius 3 is 1.22 bits per heavy atom. The highest BCUT2D eigenvalue weighted by atomic mass is 28.4. The number of hydrogen-bond acceptors (Lipinski definition) is 5. The van der Waals surface area contributed by atoms with Crippen molar-refractivity contribution < 1.29 is 23.6 Å². The van der Waals surface area contributed by atoms with Crippen LogP contribution >= 0.6 is 0 Å². The molecule has 0 unspecified atom stereocenters. The molecule has 1 rings (SSSR count). The van der Waals surface area contributed by atoms with Gasteiger partial charge in [-0.05, 0) is 56.7 Å². The molecule has 2 amide bonds. The minimum atomic E-state index is -1.56. The molecule has 1 saturated heterocycles. The molecular formula is C44H83NO5Si. The molecule has 298 valence electrons. The highest BCUT2D eigenvalue weighted by molar-refractivity contribution is 6.74. The van der Waals surface area contributed by atoms with Gasteiger partial charge in [0.15, 0.2) is 8.32 Å². The van der Waals surface area contributed by atoms with Crippen LogP contribution < -0.4 is 0 Å². The zero-order valence-electron chi connectivity index (χ0n) is 34.5. The minimum Gasteiger partial charge on any atom is -0.417 e. The minimum absolute atomic E-state index is 0.142. The summed E-state index contributed by atoms with van der Waals surface area (Å²) in [6.45, 7) is 12.6. The van der Waals surface area contributed by atoms with Crippen LogP contribution in [0.25, 0.3) is 0 Å². The Kier molecular flexibility index (Phi) is 28.8. The summed E-state index contributed by atoms with van der Waals surface area (Å²) in [7, 11) is -1.56. The van der Waals surface area contributed by atoms with Crippen LogP contribution in [0.4, 0.5) is 0 Å². The molecule has 0 aliphatic carbocycles. The molecule has 0 saturated carbocycles. The summed E-state index contributed by atoms with van der Waals surface area (Å²) in [6.07, 6.45) is 43.7. The van der Waals surface area contributed by atoms with Gasteiger partial charge >= 0.3 is 5.97 Å². The lowest BCUT2D eigenvalue weighted by molar-refractivity contribution is -0.197. The van der Waals surface area contributed by atoms with Gasteiger partial charge in [-0.3, -0.25) is 9.59 Å². The van der Waals surface area contributed by atoms with Crippen molar-refractivity contribution in [1.82, 2.24) is 5.06 Å². The number of carbonyl (C=O) groups is 3. The number of carbonyl (C=O) groups excluding carboxylic acids is 3. The zero-order valence-corrected chi connectivity index (χ0v) is 35.5. The first kappa shape index (κ1) is 47.5. The Bertz CT molecular complexity index is 896. The Morgan fingerprint density at radius 2 is 0.863 bits per heavy atom. The number of allylic oxidation sites excluding steroid dienone is 2. The highest BCUT2D eigenvalue weighted by Crippen LogP contribution is 2.36. The van der Waals surface area contributed by atoms with Gasteiger partial charge in [-0.25, -0.2) is 4.79 Å². The van der Waals surface area contributed by atoms with Gasteiger partial charge in [0.25, 0.3) is 11.8 Å². The average molecular weight is 734 g/mol. The first-order valence-corrected chi connectivity index (χ1v) is 24.8. The van der Waals surface area contributed by atoms with Gasteiger partial charge in [0.2, 0.25) is 0 Å². The van der Waals surface area contributed by atoms with Crippen LogP contribution in [0, 0.1) is 0 Å². The third-order valence-corrected chi connectivity index (χ3v) is 15.7. The van der Waals surface area contributed by atoms with E-state index in [0.717, 1.165) is 25.9 Å². The SMILES string of the molecule is CC(C)(C)[Si](C)(C)OCCCCCCCC/C=C\CCCCCCCCCCCCCCCCCCCCCCCC(=O)ON1C(=O)CCC1=O. The Labute approximate surface area is 317 Å². The lowest BCUT2D eigenvalue weighted by Crippen LogP contribution is -2.40. The van der Waals surface area contributed by atoms with E-state index in [1.807, 2.05) is 0 Å². The highest BCUT2D eigenvalue weighted by Gasteiger charge is 2.36. The fourth-order valence-corrected chi connectivity index (χ4v) is 7.63. The molecule has 1 heterocycles. The molecule has 0 radical (unpaired) electrons. The number of rotatable bonds is 35. The Morgan fingerprint density at radius 1 is 0.549 bits per heavy atom. The normalized spacial score (nSPS) is 14.0. The molecule has 6 nitrogen and oxygen atoms in total. The largest absolute Gasteiger partial charge is 0.417 e. The van der Waals surface area contributed by atoms with Gasteiger partial charge in [-0.1, -0.05) is 181 Å². The summed E-state index contributed by atoms with van der Waals surface area (Å²) in [5.41, 5.74) is 0. The van der Waals surface area contributed by atoms with Crippen LogP contribution in [-0.2, 0) is 23.6 Å². The number of nitrogens with zero attached hydrogens (tertiary/aromatic N) is 1. The van der Waals surface area contributed by atoms with Crippen molar-refractivity contribution in [1.29, 1.82) is 0 Å². The van der Waals surface area contributed by atoms with Gasteiger partial charge in [-0.15, -0.1) is 5.06 Å². The Balaban J connectivity index is 1.69. The van der Waals surface area contributed by atoms with Crippen LogP contribution in [0.2, 0.25) is 18.1 Å². The van der Waals surface area contributed by atoms with Crippen molar-refractivity contribution in [3.8, 4) is 0 Å². The van der Waals surface area contributed by atoms with E-state index in [9.17, 15) is 14.4 Å². The summed E-state index contributed by atoms with van der Waals surface area (Å²) < 4.78 is 6.29. The second-order valence-corrected chi connectivity index (χ2v) is 21.8. The second kappa shape index (κ2) is 30.9. The average Bonchev–Trinajstić information content (AvgIpc) is 3.40. The van der Waals surface area contributed by atoms with E-state index in [1.165, 1.54) is 167 Å². The lowest BCUT2D eigenvalue weighted by atomic mass is 10.0. The monoisotopic (exact) mass is 734 g/mol. The van der Waals surface area contributed by atoms with Gasteiger partial charge in [-0.2, -0.15) is 0 Å². The fourth-order valence-electron chi connectivity index (χ4n) is 6.55. The van der Waals surface area contributed by atoms with Gasteiger partial charge in [0.1, 0.15) is 0 Å². The molecule has 0 bridgehead atoms. The third-order valence-electron chi connectivity index (χ3n) is 11.2. The topological polar surface area (TPSA) is 72.9 Å². The van der Waals surface area contributed by atoms with Crippen LogP contribution in [-0.4, -0.2) is 37.8 Å². The van der Waals surface area contributed by atoms with Crippen molar-refractivity contribution in [3.63, 3.8) is 0 Å². The number of amides is 2. The molecule has 0 aromatic heterocycles. The number of unbranched alkanes of at least 4 members (excludes halogenated alkanes) is 27. The van der Waals surface area contributed by atoms with E-state index in [0.29, 0.717) is 10.1 Å². The maximum atomic E-state index is 11.8. The molecule has 0 spiro atoms. The van der Waals surface area contributed by atoms with E-state index in [-0.39, 0.29) is 19.3 Å². The summed E-state index contributed by atoms with van der Waals surface area (Å²) in [6, 6.07) is 0. The molecule has 1 aliphatic heterocycles. The van der Waals surface area contributed by atoms with Crippen LogP contribution in [0.15, 0.2) is 12.2 Å². The molecule has 1 aliphatic rings. The molecule has 7 heteroatoms. The van der Waals surface area contributed by atoms with Crippen molar-refractivity contribution in [2.75, 3.05) is 6.61 Å². The predicted octanol–water partition coefficient (Wildman–Crippen LogP) is 13.9. The summed E-state index contributed by atoms with van der Waals surface area (Å²) >= 11 is 0. The number of hydroxylamine groups is 2. The summed E-state index contributed by atoms with van der Waals surface area (Å²) in [5.74, 6) is -1.30. The van der Waals surface area contributed by atoms with E-state index in [2.05, 4.69) is 46.0 Å². The third kappa shape index (κ3) is 26.9. The molecule has 0 aromatic rings. The smallest absolute Gasteiger partial charge is 0.333 e. The van der Waals surface area contributed by atoms with Gasteiger partial charge in [0, 0.05) is 25.9 Å². The first-order valence-electron chi connectivity index (χ1n) is 21.9. The summed E-state index contributed by atoms with van der Waals surface area (Å²) in [5, 5.41) is 0.969. The van der Waals surface area contributed by atoms with Crippen molar-refractivity contribution in [2.24, 2.45) is 0 Å². The van der Waals surface area contributed by atoms with Crippen molar-refractivity contribution in [2.45, 2.75) is 244 Å². The van der Waals surface area contributed by atoms with Crippen molar-refractivity contribution >= 4 is 26.1 Å². The van der Waals surface area contributed by atoms with E-state index >= 15 is 0 Å². The maximum Gasteiger partial charge on any atom is 0.333 e. The molecule has 0 aromatic carbocycles. The van der Waals surface area contributed by atoms with Gasteiger partial charge in [0.05, 0.1) is 0 Å². The van der Waals surface area contributed by atoms with Gasteiger partial charge < -0.3 is 9.26 Å². The molecule has 51 heavy (non-hydrogen) atoms. The first-order chi connectivity index (χ1) is 24.5. The molecular weight excluding hydrogens is 651 g/mol. The Hall–Kier alpha value is -1.47. The molecule has 0 atom stereocenters. The van der Waals surface area contributed by atoms with Crippen LogP contribution in [0.5, 0.6) is 0 Å². The second-order valence-electron chi connectivity index (χ2n) is 17.0. The predicted molar refractivity (Wildman–Crippen MR) is 218 cm³/mol. The molecule has 0 N–H and O–H groups in total. The number of hydrogen-bond donors (Lipinski definition) is 0. The lowest BCUT2D eigenvalue weighted by Gasteiger charge is -2.36. The quantitative estimate of drug-likeness (QED) is 0.0281. The standard InChI is InChI=1S/C44H83NO5Si/c1-44(2,3)51(4,5)49-40-36-34-32-30-28-26-24-22-20-18-16-14-12-10-8-6-7-9-11-13-15-17-19-21-23-25-27-29-31-33-35-37-43(48)50-45-41(46)38-39-42(45)47/h20,22H,6-19,21,23-40H2,1-5H3/b22-20-.